The van der Waals surface area contributed by atoms with E-state index >= 15 is 0 Å². The summed E-state index contributed by atoms with van der Waals surface area (Å²) in [5.41, 5.74) is 0. The molecule has 0 aromatic heterocycles. The third kappa shape index (κ3) is 52.8. The van der Waals surface area contributed by atoms with Gasteiger partial charge in [0.1, 0.15) is 0 Å². The van der Waals surface area contributed by atoms with Gasteiger partial charge < -0.3 is 0 Å². The van der Waals surface area contributed by atoms with Gasteiger partial charge in [-0.2, -0.15) is 0 Å². The van der Waals surface area contributed by atoms with E-state index in [0.717, 1.165) is 0 Å². The van der Waals surface area contributed by atoms with Gasteiger partial charge in [-0.3, -0.25) is 0 Å². The Bertz CT molecular complexity index is 936. The molecule has 0 aliphatic rings. The molecular weight excluding hydrogens is 1140 g/mol. The Morgan fingerprint density at radius 2 is 0.200 bits per heavy atom. The maximum atomic E-state index is 3.56. The van der Waals surface area contributed by atoms with Crippen LogP contribution in [0.25, 0.3) is 0 Å². The summed E-state index contributed by atoms with van der Waals surface area (Å²) < 4.78 is 14.2. The Kier molecular flexibility index (Phi) is 72.6. The molecule has 85 heavy (non-hydrogen) atoms. The summed E-state index contributed by atoms with van der Waals surface area (Å²) in [7, 11) is 0. The fourth-order valence-corrected chi connectivity index (χ4v) is 31.6. The quantitative estimate of drug-likeness (QED) is 0.0444. The van der Waals surface area contributed by atoms with Crippen LogP contribution in [0.5, 0.6) is 0 Å². The fraction of sp³-hybridized carbons (Fsp3) is 1.00. The van der Waals surface area contributed by atoms with Crippen LogP contribution < -0.4 is 0 Å². The van der Waals surface area contributed by atoms with E-state index in [1.807, 2.05) is 0 Å². The van der Waals surface area contributed by atoms with Crippen molar-refractivity contribution in [3.8, 4) is 0 Å². The van der Waals surface area contributed by atoms with Crippen LogP contribution in [0.4, 0.5) is 0 Å². The summed E-state index contributed by atoms with van der Waals surface area (Å²) >= 11 is -3.95. The normalized spacial score (nSPS) is 12.3. The summed E-state index contributed by atoms with van der Waals surface area (Å²) in [6.07, 6.45) is 91.9. The third-order valence-electron chi connectivity index (χ3n) is 19.9. The van der Waals surface area contributed by atoms with E-state index in [9.17, 15) is 0 Å². The zero-order chi connectivity index (χ0) is 61.7. The molecular formula is C80H168N4Sn. The minimum absolute atomic E-state index is 1.36. The van der Waals surface area contributed by atoms with E-state index < -0.39 is 19.5 Å². The molecule has 0 aromatic carbocycles. The monoisotopic (exact) mass is 1310 g/mol. The first-order chi connectivity index (χ1) is 42.1. The van der Waals surface area contributed by atoms with E-state index in [4.69, 9.17) is 0 Å². The second kappa shape index (κ2) is 72.1. The number of hydrogen-bond acceptors (Lipinski definition) is 4. The summed E-state index contributed by atoms with van der Waals surface area (Å²) in [6, 6.07) is 0. The van der Waals surface area contributed by atoms with Crippen molar-refractivity contribution in [3.63, 3.8) is 0 Å². The molecule has 0 bridgehead atoms. The van der Waals surface area contributed by atoms with Crippen LogP contribution >= 0.6 is 0 Å². The van der Waals surface area contributed by atoms with Gasteiger partial charge in [-0.15, -0.1) is 0 Å². The number of unbranched alkanes of at least 4 members (excludes halogenated alkanes) is 56. The second-order valence-corrected chi connectivity index (χ2v) is 39.0. The summed E-state index contributed by atoms with van der Waals surface area (Å²) in [5.74, 6) is 0. The molecule has 0 fully saturated rings. The number of rotatable bonds is 76. The molecule has 0 N–H and O–H groups in total. The number of nitrogens with zero attached hydrogens (tertiary/aromatic N) is 4. The van der Waals surface area contributed by atoms with Gasteiger partial charge in [0.15, 0.2) is 0 Å². The third-order valence-corrected chi connectivity index (χ3v) is 34.7. The van der Waals surface area contributed by atoms with E-state index in [2.05, 4.69) is 67.9 Å². The van der Waals surface area contributed by atoms with Gasteiger partial charge in [0.25, 0.3) is 0 Å². The van der Waals surface area contributed by atoms with Gasteiger partial charge in [-0.05, 0) is 0 Å². The Hall–Kier alpha value is 0.639. The molecule has 512 valence electrons. The molecule has 0 saturated carbocycles. The molecule has 0 saturated heterocycles. The standard InChI is InChI=1S/4C20H42N.Sn/c4*1-3-5-7-9-11-13-15-17-19-21-20-18-16-14-12-10-8-6-4-2;/h4*3-20H2,1-2H3;/q4*-1;+4. The van der Waals surface area contributed by atoms with Crippen LogP contribution in [-0.2, 0) is 0 Å². The van der Waals surface area contributed by atoms with Crippen LogP contribution in [0.2, 0.25) is 0 Å². The van der Waals surface area contributed by atoms with E-state index in [0.29, 0.717) is 0 Å². The van der Waals surface area contributed by atoms with Crippen molar-refractivity contribution < 1.29 is 0 Å². The van der Waals surface area contributed by atoms with Gasteiger partial charge in [0, 0.05) is 0 Å². The molecule has 0 amide bonds. The molecule has 0 spiro atoms. The molecule has 4 nitrogen and oxygen atoms in total. The first-order valence-corrected chi connectivity index (χ1v) is 46.2. The first-order valence-electron chi connectivity index (χ1n) is 41.1. The Morgan fingerprint density at radius 3 is 0.294 bits per heavy atom. The van der Waals surface area contributed by atoms with Crippen LogP contribution in [0.15, 0.2) is 0 Å². The fourth-order valence-electron chi connectivity index (χ4n) is 14.3. The molecule has 0 heterocycles. The van der Waals surface area contributed by atoms with Crippen molar-refractivity contribution >= 4 is 19.5 Å². The zero-order valence-corrected chi connectivity index (χ0v) is 64.1. The average molecular weight is 1300 g/mol. The molecule has 0 aromatic rings. The Balaban J connectivity index is 8.35. The van der Waals surface area contributed by atoms with Crippen molar-refractivity contribution in [2.75, 3.05) is 52.4 Å². The molecule has 0 aliphatic heterocycles. The number of hydrogen-bond donors (Lipinski definition) is 0. The van der Waals surface area contributed by atoms with Gasteiger partial charge in [0.05, 0.1) is 0 Å². The van der Waals surface area contributed by atoms with E-state index in [1.165, 1.54) is 463 Å². The van der Waals surface area contributed by atoms with Gasteiger partial charge >= 0.3 is 551 Å². The SMILES string of the molecule is CCCCCCCCCC[N](CCCCCCCCCC)[Sn]([N](CCCCCCCCCC)CCCCCCCCCC)([N](CCCCCCCCCC)CCCCCCCCCC)[N](CCCCCCCCCC)CCCCCCCCCC. The predicted molar refractivity (Wildman–Crippen MR) is 393 cm³/mol. The summed E-state index contributed by atoms with van der Waals surface area (Å²) in [4.78, 5) is 0. The van der Waals surface area contributed by atoms with Crippen molar-refractivity contribution in [1.29, 1.82) is 0 Å². The van der Waals surface area contributed by atoms with Crippen molar-refractivity contribution in [2.45, 2.75) is 466 Å². The van der Waals surface area contributed by atoms with Crippen LogP contribution in [0, 0.1) is 0 Å². The zero-order valence-electron chi connectivity index (χ0n) is 61.2. The van der Waals surface area contributed by atoms with Gasteiger partial charge in [0.2, 0.25) is 0 Å². The Labute approximate surface area is 547 Å². The van der Waals surface area contributed by atoms with Gasteiger partial charge in [-0.1, -0.05) is 0 Å². The second-order valence-electron chi connectivity index (χ2n) is 28.3. The summed E-state index contributed by atoms with van der Waals surface area (Å²) in [6.45, 7) is 30.2. The van der Waals surface area contributed by atoms with Gasteiger partial charge in [-0.25, -0.2) is 0 Å². The summed E-state index contributed by atoms with van der Waals surface area (Å²) in [5, 5.41) is 0. The van der Waals surface area contributed by atoms with Crippen LogP contribution in [0.1, 0.15) is 466 Å². The van der Waals surface area contributed by atoms with Crippen molar-refractivity contribution in [1.82, 2.24) is 12.5 Å². The topological polar surface area (TPSA) is 13.0 Å². The molecule has 5 heteroatoms. The van der Waals surface area contributed by atoms with E-state index in [1.54, 1.807) is 0 Å². The van der Waals surface area contributed by atoms with Crippen LogP contribution in [0.3, 0.4) is 0 Å². The molecule has 0 aliphatic carbocycles. The molecule has 0 rings (SSSR count). The van der Waals surface area contributed by atoms with Crippen molar-refractivity contribution in [3.05, 3.63) is 0 Å². The molecule has 0 atom stereocenters. The minimum atomic E-state index is -3.95. The van der Waals surface area contributed by atoms with E-state index in [-0.39, 0.29) is 0 Å². The average Bonchev–Trinajstić information content (AvgIpc) is 3.67. The molecule has 0 unspecified atom stereocenters. The Morgan fingerprint density at radius 1 is 0.118 bits per heavy atom. The maximum absolute atomic E-state index is 3.95. The van der Waals surface area contributed by atoms with Crippen LogP contribution in [-0.4, -0.2) is 84.3 Å². The predicted octanol–water partition coefficient (Wildman–Crippen LogP) is 27.8. The molecule has 0 radical (unpaired) electrons. The first kappa shape index (κ1) is 85.6. The van der Waals surface area contributed by atoms with Crippen molar-refractivity contribution in [2.24, 2.45) is 0 Å².